The van der Waals surface area contributed by atoms with Crippen molar-refractivity contribution in [3.63, 3.8) is 0 Å². The highest BCUT2D eigenvalue weighted by molar-refractivity contribution is 6.07. The first-order valence-corrected chi connectivity index (χ1v) is 12.5. The summed E-state index contributed by atoms with van der Waals surface area (Å²) in [4.78, 5) is 30.9. The minimum absolute atomic E-state index is 0.0208. The van der Waals surface area contributed by atoms with Crippen molar-refractivity contribution in [2.24, 2.45) is 5.92 Å². The number of imidazole rings is 1. The van der Waals surface area contributed by atoms with E-state index in [-0.39, 0.29) is 17.7 Å². The molecule has 3 aromatic rings. The molecule has 1 aliphatic carbocycles. The summed E-state index contributed by atoms with van der Waals surface area (Å²) in [5.74, 6) is -0.171. The third-order valence-electron chi connectivity index (χ3n) is 6.99. The number of nitrogens with one attached hydrogen (secondary N) is 2. The lowest BCUT2D eigenvalue weighted by molar-refractivity contribution is -0.120. The van der Waals surface area contributed by atoms with Gasteiger partial charge in [-0.1, -0.05) is 19.3 Å². The first-order chi connectivity index (χ1) is 16.9. The largest absolute Gasteiger partial charge is 0.383 e. The van der Waals surface area contributed by atoms with Crippen LogP contribution in [0, 0.1) is 19.8 Å². The van der Waals surface area contributed by atoms with Gasteiger partial charge in [-0.15, -0.1) is 0 Å². The number of aryl methyl sites for hydroxylation is 2. The highest BCUT2D eigenvalue weighted by atomic mass is 16.5. The average Bonchev–Trinajstić information content (AvgIpc) is 3.40. The Balaban J connectivity index is 1.62. The smallest absolute Gasteiger partial charge is 0.253 e. The van der Waals surface area contributed by atoms with E-state index in [1.807, 2.05) is 36.1 Å². The maximum absolute atomic E-state index is 13.5. The molecule has 4 rings (SSSR count). The first-order valence-electron chi connectivity index (χ1n) is 12.5. The van der Waals surface area contributed by atoms with Gasteiger partial charge in [-0.2, -0.15) is 5.10 Å². The summed E-state index contributed by atoms with van der Waals surface area (Å²) in [6, 6.07) is 3.61. The zero-order valence-corrected chi connectivity index (χ0v) is 21.2. The normalized spacial score (nSPS) is 14.4. The third kappa shape index (κ3) is 5.40. The lowest BCUT2D eigenvalue weighted by atomic mass is 9.88. The van der Waals surface area contributed by atoms with Gasteiger partial charge in [-0.3, -0.25) is 14.3 Å². The molecule has 1 aliphatic rings. The molecule has 2 amide bonds. The van der Waals surface area contributed by atoms with Gasteiger partial charge < -0.3 is 19.9 Å². The van der Waals surface area contributed by atoms with Crippen molar-refractivity contribution < 1.29 is 14.3 Å². The molecule has 0 atom stereocenters. The number of fused-ring (bicyclic) bond motifs is 1. The van der Waals surface area contributed by atoms with Crippen LogP contribution in [0.15, 0.2) is 18.5 Å². The van der Waals surface area contributed by atoms with Gasteiger partial charge in [0.1, 0.15) is 0 Å². The van der Waals surface area contributed by atoms with Crippen molar-refractivity contribution in [2.75, 3.05) is 19.0 Å². The van der Waals surface area contributed by atoms with Crippen LogP contribution in [0.5, 0.6) is 0 Å². The van der Waals surface area contributed by atoms with Crippen molar-refractivity contribution in [2.45, 2.75) is 72.5 Å². The van der Waals surface area contributed by atoms with Crippen LogP contribution in [0.1, 0.15) is 66.3 Å². The van der Waals surface area contributed by atoms with E-state index in [1.165, 1.54) is 6.42 Å². The Hall–Kier alpha value is -3.20. The van der Waals surface area contributed by atoms with E-state index in [0.29, 0.717) is 36.5 Å². The number of nitrogens with zero attached hydrogens (tertiary/aromatic N) is 4. The predicted octanol–water partition coefficient (Wildman–Crippen LogP) is 3.96. The first kappa shape index (κ1) is 24.9. The Labute approximate surface area is 206 Å². The minimum Gasteiger partial charge on any atom is -0.383 e. The Morgan fingerprint density at radius 3 is 2.63 bits per heavy atom. The topological polar surface area (TPSA) is 103 Å². The number of ether oxygens (including phenoxy) is 1. The third-order valence-corrected chi connectivity index (χ3v) is 6.99. The monoisotopic (exact) mass is 480 g/mol. The van der Waals surface area contributed by atoms with Gasteiger partial charge in [0, 0.05) is 49.6 Å². The zero-order chi connectivity index (χ0) is 24.9. The van der Waals surface area contributed by atoms with Gasteiger partial charge in [0.25, 0.3) is 5.91 Å². The van der Waals surface area contributed by atoms with Crippen LogP contribution in [-0.4, -0.2) is 44.9 Å². The Bertz CT molecular complexity index is 1210. The summed E-state index contributed by atoms with van der Waals surface area (Å²) < 4.78 is 9.10. The van der Waals surface area contributed by atoms with E-state index in [1.54, 1.807) is 19.5 Å². The van der Waals surface area contributed by atoms with Crippen molar-refractivity contribution in [1.29, 1.82) is 0 Å². The van der Waals surface area contributed by atoms with Crippen LogP contribution >= 0.6 is 0 Å². The summed E-state index contributed by atoms with van der Waals surface area (Å²) in [5, 5.41) is 10.7. The van der Waals surface area contributed by atoms with Crippen molar-refractivity contribution >= 4 is 28.5 Å². The summed E-state index contributed by atoms with van der Waals surface area (Å²) in [7, 11) is 1.65. The number of rotatable bonds is 9. The number of benzene rings is 1. The summed E-state index contributed by atoms with van der Waals surface area (Å²) in [6.45, 7) is 8.26. The number of aromatic nitrogens is 4. The van der Waals surface area contributed by atoms with E-state index in [0.717, 1.165) is 54.7 Å². The molecule has 2 N–H and O–H groups in total. The zero-order valence-electron chi connectivity index (χ0n) is 21.2. The van der Waals surface area contributed by atoms with Gasteiger partial charge in [-0.25, -0.2) is 4.98 Å². The molecule has 188 valence electrons. The average molecular weight is 481 g/mol. The quantitative estimate of drug-likeness (QED) is 0.482. The van der Waals surface area contributed by atoms with Crippen LogP contribution in [0.25, 0.3) is 11.0 Å². The maximum Gasteiger partial charge on any atom is 0.253 e. The molecule has 0 saturated heterocycles. The van der Waals surface area contributed by atoms with Crippen LogP contribution in [-0.2, 0) is 29.2 Å². The number of amides is 2. The van der Waals surface area contributed by atoms with Crippen LogP contribution in [0.2, 0.25) is 0 Å². The van der Waals surface area contributed by atoms with E-state index in [2.05, 4.69) is 20.7 Å². The minimum atomic E-state index is -0.217. The van der Waals surface area contributed by atoms with Gasteiger partial charge in [-0.05, 0) is 45.7 Å². The molecule has 9 nitrogen and oxygen atoms in total. The number of methoxy groups -OCH3 is 1. The second-order valence-corrected chi connectivity index (χ2v) is 9.29. The summed E-state index contributed by atoms with van der Waals surface area (Å²) in [6.07, 6.45) is 6.90. The van der Waals surface area contributed by atoms with E-state index < -0.39 is 0 Å². The molecule has 0 bridgehead atoms. The van der Waals surface area contributed by atoms with Gasteiger partial charge in [0.05, 0.1) is 35.2 Å². The number of hydrogen-bond donors (Lipinski definition) is 2. The molecule has 1 fully saturated rings. The SMILES string of the molecule is CCn1nc(C)c(CNC(=O)c2cc(NC(=O)C3CCCCC3)cc3ncn(CCOC)c23)c1C. The van der Waals surface area contributed by atoms with E-state index in [9.17, 15) is 9.59 Å². The fourth-order valence-corrected chi connectivity index (χ4v) is 4.98. The number of hydrogen-bond acceptors (Lipinski definition) is 5. The molecule has 0 radical (unpaired) electrons. The van der Waals surface area contributed by atoms with E-state index in [4.69, 9.17) is 4.74 Å². The summed E-state index contributed by atoms with van der Waals surface area (Å²) in [5.41, 5.74) is 5.45. The molecule has 0 aliphatic heterocycles. The Morgan fingerprint density at radius 1 is 1.17 bits per heavy atom. The number of carbonyl (C=O) groups excluding carboxylic acids is 2. The van der Waals surface area contributed by atoms with Gasteiger partial charge in [0.15, 0.2) is 0 Å². The predicted molar refractivity (Wildman–Crippen MR) is 135 cm³/mol. The lowest BCUT2D eigenvalue weighted by Crippen LogP contribution is -2.26. The molecule has 0 spiro atoms. The lowest BCUT2D eigenvalue weighted by Gasteiger charge is -2.21. The van der Waals surface area contributed by atoms with Crippen molar-refractivity contribution in [3.8, 4) is 0 Å². The van der Waals surface area contributed by atoms with Crippen molar-refractivity contribution in [3.05, 3.63) is 41.0 Å². The van der Waals surface area contributed by atoms with E-state index >= 15 is 0 Å². The van der Waals surface area contributed by atoms with Crippen LogP contribution < -0.4 is 10.6 Å². The molecule has 35 heavy (non-hydrogen) atoms. The van der Waals surface area contributed by atoms with Gasteiger partial charge >= 0.3 is 0 Å². The highest BCUT2D eigenvalue weighted by Crippen LogP contribution is 2.28. The molecular weight excluding hydrogens is 444 g/mol. The fourth-order valence-electron chi connectivity index (χ4n) is 4.98. The second-order valence-electron chi connectivity index (χ2n) is 9.29. The Morgan fingerprint density at radius 2 is 1.94 bits per heavy atom. The number of anilines is 1. The molecule has 2 aromatic heterocycles. The molecule has 2 heterocycles. The van der Waals surface area contributed by atoms with Crippen LogP contribution in [0.4, 0.5) is 5.69 Å². The summed E-state index contributed by atoms with van der Waals surface area (Å²) >= 11 is 0. The maximum atomic E-state index is 13.5. The Kier molecular flexibility index (Phi) is 7.85. The standard InChI is InChI=1S/C26H36N6O3/c1-5-32-18(3)22(17(2)30-32)15-27-26(34)21-13-20(29-25(33)19-9-7-6-8-10-19)14-23-24(21)31(16-28-23)11-12-35-4/h13-14,16,19H,5-12,15H2,1-4H3,(H,27,34)(H,29,33). The second kappa shape index (κ2) is 11.0. The molecule has 1 saturated carbocycles. The number of carbonyl (C=O) groups is 2. The van der Waals surface area contributed by atoms with Crippen LogP contribution in [0.3, 0.4) is 0 Å². The molecule has 1 aromatic carbocycles. The fraction of sp³-hybridized carbons (Fsp3) is 0.538. The highest BCUT2D eigenvalue weighted by Gasteiger charge is 2.23. The van der Waals surface area contributed by atoms with Gasteiger partial charge in [0.2, 0.25) is 5.91 Å². The molecular formula is C26H36N6O3. The molecule has 0 unspecified atom stereocenters. The van der Waals surface area contributed by atoms with Crippen molar-refractivity contribution in [1.82, 2.24) is 24.6 Å². The molecule has 9 heteroatoms.